The van der Waals surface area contributed by atoms with E-state index in [9.17, 15) is 12.6 Å². The van der Waals surface area contributed by atoms with E-state index in [0.29, 0.717) is 10.6 Å². The Labute approximate surface area is 111 Å². The molecule has 1 rings (SSSR count). The minimum atomic E-state index is -3.40. The molecule has 0 aliphatic carbocycles. The number of hydrogen-bond acceptors (Lipinski definition) is 3. The van der Waals surface area contributed by atoms with Gasteiger partial charge < -0.3 is 0 Å². The average Bonchev–Trinajstić information content (AvgIpc) is 2.27. The van der Waals surface area contributed by atoms with Crippen LogP contribution in [0, 0.1) is 5.92 Å². The van der Waals surface area contributed by atoms with E-state index in [2.05, 4.69) is 4.72 Å². The van der Waals surface area contributed by atoms with Crippen LogP contribution in [-0.2, 0) is 20.8 Å². The summed E-state index contributed by atoms with van der Waals surface area (Å²) in [4.78, 5) is 0.604. The Kier molecular flexibility index (Phi) is 4.92. The smallest absolute Gasteiger partial charge is 0.235 e. The van der Waals surface area contributed by atoms with E-state index in [1.165, 1.54) is 0 Å². The van der Waals surface area contributed by atoms with Crippen molar-refractivity contribution >= 4 is 26.5 Å². The third-order valence-corrected chi connectivity index (χ3v) is 5.82. The molecule has 0 fully saturated rings. The summed E-state index contributed by atoms with van der Waals surface area (Å²) in [6.07, 6.45) is 1.56. The van der Waals surface area contributed by atoms with E-state index in [4.69, 9.17) is 0 Å². The molecule has 0 bridgehead atoms. The van der Waals surface area contributed by atoms with Gasteiger partial charge in [-0.2, -0.15) is 0 Å². The topological polar surface area (TPSA) is 63.2 Å². The molecule has 0 heterocycles. The lowest BCUT2D eigenvalue weighted by Gasteiger charge is -2.17. The molecular weight excluding hydrogens is 270 g/mol. The molecule has 1 aromatic rings. The van der Waals surface area contributed by atoms with Crippen molar-refractivity contribution in [1.29, 1.82) is 0 Å². The number of nitrogens with one attached hydrogen (secondary N) is 1. The molecule has 0 aliphatic rings. The van der Waals surface area contributed by atoms with Gasteiger partial charge in [0.1, 0.15) is 0 Å². The van der Waals surface area contributed by atoms with Gasteiger partial charge in [-0.15, -0.1) is 0 Å². The normalized spacial score (nSPS) is 15.4. The molecule has 0 aromatic heterocycles. The molecule has 0 unspecified atom stereocenters. The molecular formula is C12H19NO3S2. The third-order valence-electron chi connectivity index (χ3n) is 2.85. The lowest BCUT2D eigenvalue weighted by Crippen LogP contribution is -2.29. The van der Waals surface area contributed by atoms with Gasteiger partial charge in [0.05, 0.1) is 5.25 Å². The van der Waals surface area contributed by atoms with Crippen LogP contribution in [-0.4, -0.2) is 24.1 Å². The van der Waals surface area contributed by atoms with E-state index in [-0.39, 0.29) is 5.92 Å². The minimum absolute atomic E-state index is 0.0333. The van der Waals surface area contributed by atoms with Gasteiger partial charge in [0.25, 0.3) is 0 Å². The molecule has 102 valence electrons. The molecule has 0 aliphatic heterocycles. The first-order valence-electron chi connectivity index (χ1n) is 5.69. The molecule has 18 heavy (non-hydrogen) atoms. The highest BCUT2D eigenvalue weighted by atomic mass is 32.2. The molecule has 0 amide bonds. The van der Waals surface area contributed by atoms with Gasteiger partial charge in [-0.1, -0.05) is 19.9 Å². The summed E-state index contributed by atoms with van der Waals surface area (Å²) < 4.78 is 37.9. The van der Waals surface area contributed by atoms with E-state index in [1.54, 1.807) is 37.4 Å². The summed E-state index contributed by atoms with van der Waals surface area (Å²) in [5, 5.41) is -0.478. The van der Waals surface area contributed by atoms with Crippen LogP contribution in [0.4, 0.5) is 5.69 Å². The molecule has 0 radical (unpaired) electrons. The Morgan fingerprint density at radius 1 is 1.22 bits per heavy atom. The number of benzene rings is 1. The summed E-state index contributed by atoms with van der Waals surface area (Å²) in [6, 6.07) is 6.65. The Morgan fingerprint density at radius 2 is 1.83 bits per heavy atom. The SMILES string of the molecule is CC(C)[C@@H](C)S(=O)(=O)Nc1cccc([S@](C)=O)c1. The Bertz CT molecular complexity index is 538. The highest BCUT2D eigenvalue weighted by Gasteiger charge is 2.23. The predicted octanol–water partition coefficient (Wildman–Crippen LogP) is 2.21. The van der Waals surface area contributed by atoms with Crippen LogP contribution in [0.1, 0.15) is 20.8 Å². The van der Waals surface area contributed by atoms with Crippen molar-refractivity contribution in [2.75, 3.05) is 11.0 Å². The fourth-order valence-electron chi connectivity index (χ4n) is 1.35. The second-order valence-corrected chi connectivity index (χ2v) is 8.00. The van der Waals surface area contributed by atoms with Gasteiger partial charge >= 0.3 is 0 Å². The Balaban J connectivity index is 2.98. The van der Waals surface area contributed by atoms with Gasteiger partial charge in [-0.05, 0) is 31.0 Å². The summed E-state index contributed by atoms with van der Waals surface area (Å²) in [7, 11) is -4.53. The standard InChI is InChI=1S/C12H19NO3S2/c1-9(2)10(3)18(15,16)13-11-6-5-7-12(8-11)17(4)14/h5-10,13H,1-4H3/t10-,17+/m1/s1. The maximum atomic E-state index is 12.0. The molecule has 4 nitrogen and oxygen atoms in total. The van der Waals surface area contributed by atoms with Crippen molar-refractivity contribution in [3.8, 4) is 0 Å². The Morgan fingerprint density at radius 3 is 2.33 bits per heavy atom. The van der Waals surface area contributed by atoms with Crippen LogP contribution in [0.3, 0.4) is 0 Å². The number of anilines is 1. The second-order valence-electron chi connectivity index (χ2n) is 4.58. The first kappa shape index (κ1) is 15.2. The van der Waals surface area contributed by atoms with Gasteiger partial charge in [0.2, 0.25) is 10.0 Å². The van der Waals surface area contributed by atoms with Crippen molar-refractivity contribution in [2.24, 2.45) is 5.92 Å². The molecule has 1 N–H and O–H groups in total. The summed E-state index contributed by atoms with van der Waals surface area (Å²) >= 11 is 0. The third kappa shape index (κ3) is 3.81. The van der Waals surface area contributed by atoms with Crippen LogP contribution < -0.4 is 4.72 Å². The van der Waals surface area contributed by atoms with Crippen molar-refractivity contribution in [2.45, 2.75) is 30.9 Å². The fourth-order valence-corrected chi connectivity index (χ4v) is 3.28. The van der Waals surface area contributed by atoms with Crippen LogP contribution in [0.5, 0.6) is 0 Å². The van der Waals surface area contributed by atoms with Gasteiger partial charge in [-0.25, -0.2) is 8.42 Å². The first-order valence-corrected chi connectivity index (χ1v) is 8.79. The van der Waals surface area contributed by atoms with Gasteiger partial charge in [-0.3, -0.25) is 8.93 Å². The van der Waals surface area contributed by atoms with Gasteiger partial charge in [0, 0.05) is 27.6 Å². The van der Waals surface area contributed by atoms with Crippen LogP contribution in [0.25, 0.3) is 0 Å². The summed E-state index contributed by atoms with van der Waals surface area (Å²) in [5.74, 6) is 0.0333. The molecule has 2 atom stereocenters. The van der Waals surface area contributed by atoms with Crippen molar-refractivity contribution in [3.63, 3.8) is 0 Å². The number of rotatable bonds is 5. The Hall–Kier alpha value is -0.880. The highest BCUT2D eigenvalue weighted by Crippen LogP contribution is 2.18. The molecule has 0 saturated carbocycles. The summed E-state index contributed by atoms with van der Waals surface area (Å²) in [5.41, 5.74) is 0.454. The van der Waals surface area contributed by atoms with Crippen molar-refractivity contribution < 1.29 is 12.6 Å². The second kappa shape index (κ2) is 5.84. The highest BCUT2D eigenvalue weighted by molar-refractivity contribution is 7.93. The van der Waals surface area contributed by atoms with Gasteiger partial charge in [0.15, 0.2) is 0 Å². The predicted molar refractivity (Wildman–Crippen MR) is 75.6 cm³/mol. The number of hydrogen-bond donors (Lipinski definition) is 1. The average molecular weight is 289 g/mol. The van der Waals surface area contributed by atoms with E-state index in [1.807, 2.05) is 13.8 Å². The van der Waals surface area contributed by atoms with E-state index < -0.39 is 26.1 Å². The summed E-state index contributed by atoms with van der Waals surface area (Å²) in [6.45, 7) is 5.40. The minimum Gasteiger partial charge on any atom is -0.283 e. The first-order chi connectivity index (χ1) is 8.24. The van der Waals surface area contributed by atoms with Crippen molar-refractivity contribution in [3.05, 3.63) is 24.3 Å². The van der Waals surface area contributed by atoms with Crippen LogP contribution in [0.2, 0.25) is 0 Å². The van der Waals surface area contributed by atoms with E-state index >= 15 is 0 Å². The largest absolute Gasteiger partial charge is 0.283 e. The van der Waals surface area contributed by atoms with Crippen LogP contribution >= 0.6 is 0 Å². The fraction of sp³-hybridized carbons (Fsp3) is 0.500. The monoisotopic (exact) mass is 289 g/mol. The van der Waals surface area contributed by atoms with Crippen molar-refractivity contribution in [1.82, 2.24) is 0 Å². The molecule has 0 spiro atoms. The zero-order valence-electron chi connectivity index (χ0n) is 11.0. The lowest BCUT2D eigenvalue weighted by atomic mass is 10.2. The number of sulfonamides is 1. The van der Waals surface area contributed by atoms with Crippen LogP contribution in [0.15, 0.2) is 29.2 Å². The zero-order chi connectivity index (χ0) is 13.9. The maximum absolute atomic E-state index is 12.0. The van der Waals surface area contributed by atoms with E-state index in [0.717, 1.165) is 0 Å². The maximum Gasteiger partial charge on any atom is 0.235 e. The molecule has 1 aromatic carbocycles. The quantitative estimate of drug-likeness (QED) is 0.904. The molecule has 0 saturated heterocycles. The zero-order valence-corrected chi connectivity index (χ0v) is 12.6. The lowest BCUT2D eigenvalue weighted by molar-refractivity contribution is 0.550. The molecule has 6 heteroatoms.